The maximum Gasteiger partial charge on any atom is 0.148 e. The highest BCUT2D eigenvalue weighted by Gasteiger charge is 2.54. The van der Waals surface area contributed by atoms with E-state index in [1.54, 1.807) is 6.20 Å². The summed E-state index contributed by atoms with van der Waals surface area (Å²) in [6, 6.07) is 0.496. The number of rotatable bonds is 2. The summed E-state index contributed by atoms with van der Waals surface area (Å²) in [6.45, 7) is 1.73. The molecule has 14 heavy (non-hydrogen) atoms. The fraction of sp³-hybridized carbons (Fsp3) is 0.556. The Kier molecular flexibility index (Phi) is 1.85. The molecule has 3 rings (SSSR count). The highest BCUT2D eigenvalue weighted by molar-refractivity contribution is 6.32. The molecule has 1 aromatic heterocycles. The fourth-order valence-corrected chi connectivity index (χ4v) is 2.19. The van der Waals surface area contributed by atoms with Crippen LogP contribution in [0.15, 0.2) is 12.5 Å². The van der Waals surface area contributed by atoms with E-state index in [9.17, 15) is 0 Å². The molecular weight excluding hydrogens is 202 g/mol. The highest BCUT2D eigenvalue weighted by Crippen LogP contribution is 2.46. The number of aromatic nitrogens is 2. The molecule has 2 atom stereocenters. The molecule has 2 fully saturated rings. The Labute approximate surface area is 86.7 Å². The topological polar surface area (TPSA) is 47.0 Å². The molecule has 4 nitrogen and oxygen atoms in total. The smallest absolute Gasteiger partial charge is 0.148 e. The Bertz CT molecular complexity index is 350. The van der Waals surface area contributed by atoms with Gasteiger partial charge in [0.05, 0.1) is 19.4 Å². The molecule has 0 spiro atoms. The van der Waals surface area contributed by atoms with Crippen molar-refractivity contribution in [1.82, 2.24) is 9.97 Å². The SMILES string of the molecule is Clc1cncnc1NC1[C@H]2COC[C@H]12. The van der Waals surface area contributed by atoms with Crippen LogP contribution in [-0.2, 0) is 4.74 Å². The van der Waals surface area contributed by atoms with Crippen molar-refractivity contribution in [1.29, 1.82) is 0 Å². The molecule has 1 aliphatic heterocycles. The van der Waals surface area contributed by atoms with Crippen molar-refractivity contribution in [3.05, 3.63) is 17.5 Å². The van der Waals surface area contributed by atoms with Gasteiger partial charge in [-0.1, -0.05) is 11.6 Å². The monoisotopic (exact) mass is 211 g/mol. The minimum absolute atomic E-state index is 0.496. The summed E-state index contributed by atoms with van der Waals surface area (Å²) >= 11 is 5.93. The second-order valence-electron chi connectivity index (χ2n) is 3.75. The van der Waals surface area contributed by atoms with E-state index in [2.05, 4.69) is 15.3 Å². The molecule has 2 aliphatic rings. The van der Waals surface area contributed by atoms with E-state index in [-0.39, 0.29) is 0 Å². The third-order valence-corrected chi connectivity index (χ3v) is 3.20. The number of anilines is 1. The Morgan fingerprint density at radius 1 is 1.43 bits per heavy atom. The zero-order chi connectivity index (χ0) is 9.54. The van der Waals surface area contributed by atoms with Crippen LogP contribution < -0.4 is 5.32 Å². The zero-order valence-electron chi connectivity index (χ0n) is 7.48. The van der Waals surface area contributed by atoms with Crippen molar-refractivity contribution in [3.63, 3.8) is 0 Å². The zero-order valence-corrected chi connectivity index (χ0v) is 8.24. The number of ether oxygens (including phenoxy) is 1. The number of fused-ring (bicyclic) bond motifs is 1. The predicted octanol–water partition coefficient (Wildman–Crippen LogP) is 1.19. The molecule has 0 unspecified atom stereocenters. The van der Waals surface area contributed by atoms with Gasteiger partial charge in [0.25, 0.3) is 0 Å². The first kappa shape index (κ1) is 8.44. The van der Waals surface area contributed by atoms with Crippen LogP contribution in [0.1, 0.15) is 0 Å². The predicted molar refractivity (Wildman–Crippen MR) is 52.3 cm³/mol. The molecule has 1 aliphatic carbocycles. The Hall–Kier alpha value is -0.870. The summed E-state index contributed by atoms with van der Waals surface area (Å²) in [5, 5.41) is 3.90. The molecule has 1 saturated heterocycles. The van der Waals surface area contributed by atoms with E-state index >= 15 is 0 Å². The first-order chi connectivity index (χ1) is 6.86. The number of halogens is 1. The first-order valence-electron chi connectivity index (χ1n) is 4.66. The second kappa shape index (κ2) is 3.07. The van der Waals surface area contributed by atoms with Crippen LogP contribution in [0.3, 0.4) is 0 Å². The Morgan fingerprint density at radius 2 is 2.21 bits per heavy atom. The number of hydrogen-bond donors (Lipinski definition) is 1. The van der Waals surface area contributed by atoms with E-state index in [4.69, 9.17) is 16.3 Å². The van der Waals surface area contributed by atoms with Crippen LogP contribution in [0.5, 0.6) is 0 Å². The normalized spacial score (nSPS) is 33.9. The third-order valence-electron chi connectivity index (χ3n) is 2.92. The second-order valence-corrected chi connectivity index (χ2v) is 4.16. The Balaban J connectivity index is 1.71. The number of hydrogen-bond acceptors (Lipinski definition) is 4. The molecular formula is C9H10ClN3O. The van der Waals surface area contributed by atoms with Crippen LogP contribution in [0, 0.1) is 11.8 Å². The molecule has 1 aromatic rings. The van der Waals surface area contributed by atoms with E-state index in [1.807, 2.05) is 0 Å². The summed E-state index contributed by atoms with van der Waals surface area (Å²) in [7, 11) is 0. The lowest BCUT2D eigenvalue weighted by Gasteiger charge is -2.08. The minimum Gasteiger partial charge on any atom is -0.381 e. The maximum atomic E-state index is 5.93. The Morgan fingerprint density at radius 3 is 2.93 bits per heavy atom. The minimum atomic E-state index is 0.496. The first-order valence-corrected chi connectivity index (χ1v) is 5.04. The highest BCUT2D eigenvalue weighted by atomic mass is 35.5. The van der Waals surface area contributed by atoms with E-state index in [0.29, 0.717) is 22.9 Å². The van der Waals surface area contributed by atoms with Crippen LogP contribution >= 0.6 is 11.6 Å². The van der Waals surface area contributed by atoms with Gasteiger partial charge < -0.3 is 10.1 Å². The van der Waals surface area contributed by atoms with Gasteiger partial charge in [-0.3, -0.25) is 0 Å². The van der Waals surface area contributed by atoms with Crippen LogP contribution in [0.4, 0.5) is 5.82 Å². The van der Waals surface area contributed by atoms with Gasteiger partial charge in [-0.25, -0.2) is 9.97 Å². The summed E-state index contributed by atoms with van der Waals surface area (Å²) in [5.74, 6) is 2.04. The molecule has 74 valence electrons. The lowest BCUT2D eigenvalue weighted by atomic mass is 10.4. The molecule has 0 aromatic carbocycles. The summed E-state index contributed by atoms with van der Waals surface area (Å²) in [6.07, 6.45) is 3.11. The van der Waals surface area contributed by atoms with Gasteiger partial charge in [-0.2, -0.15) is 0 Å². The molecule has 0 amide bonds. The lowest BCUT2D eigenvalue weighted by molar-refractivity contribution is 0.162. The van der Waals surface area contributed by atoms with Crippen molar-refractivity contribution in [2.75, 3.05) is 18.5 Å². The van der Waals surface area contributed by atoms with E-state index < -0.39 is 0 Å². The third kappa shape index (κ3) is 1.26. The van der Waals surface area contributed by atoms with Gasteiger partial charge in [-0.15, -0.1) is 0 Å². The number of nitrogens with one attached hydrogen (secondary N) is 1. The molecule has 2 heterocycles. The van der Waals surface area contributed by atoms with E-state index in [0.717, 1.165) is 19.0 Å². The quantitative estimate of drug-likeness (QED) is 0.798. The summed E-state index contributed by atoms with van der Waals surface area (Å²) in [5.41, 5.74) is 0. The van der Waals surface area contributed by atoms with Gasteiger partial charge in [0.15, 0.2) is 0 Å². The molecule has 1 N–H and O–H groups in total. The van der Waals surface area contributed by atoms with Crippen LogP contribution in [-0.4, -0.2) is 29.2 Å². The largest absolute Gasteiger partial charge is 0.381 e. The van der Waals surface area contributed by atoms with Crippen molar-refractivity contribution in [2.45, 2.75) is 6.04 Å². The lowest BCUT2D eigenvalue weighted by Crippen LogP contribution is -2.13. The summed E-state index contributed by atoms with van der Waals surface area (Å²) in [4.78, 5) is 7.93. The van der Waals surface area contributed by atoms with Crippen LogP contribution in [0.2, 0.25) is 5.02 Å². The standard InChI is InChI=1S/C9H10ClN3O/c10-7-1-11-4-12-9(7)13-8-5-2-14-3-6(5)8/h1,4-6,8H,2-3H2,(H,11,12,13)/t5-,6-/m0/s1. The number of nitrogens with zero attached hydrogens (tertiary/aromatic N) is 2. The van der Waals surface area contributed by atoms with Gasteiger partial charge in [0, 0.05) is 17.9 Å². The van der Waals surface area contributed by atoms with Gasteiger partial charge in [0.1, 0.15) is 17.2 Å². The van der Waals surface area contributed by atoms with E-state index in [1.165, 1.54) is 6.33 Å². The average molecular weight is 212 g/mol. The molecule has 0 bridgehead atoms. The fourth-order valence-electron chi connectivity index (χ4n) is 2.03. The molecule has 5 heteroatoms. The van der Waals surface area contributed by atoms with Crippen molar-refractivity contribution < 1.29 is 4.74 Å². The average Bonchev–Trinajstić information content (AvgIpc) is 2.64. The van der Waals surface area contributed by atoms with Gasteiger partial charge in [0.2, 0.25) is 0 Å². The van der Waals surface area contributed by atoms with Crippen LogP contribution in [0.25, 0.3) is 0 Å². The van der Waals surface area contributed by atoms with Gasteiger partial charge >= 0.3 is 0 Å². The van der Waals surface area contributed by atoms with Crippen molar-refractivity contribution in [3.8, 4) is 0 Å². The van der Waals surface area contributed by atoms with Crippen molar-refractivity contribution in [2.24, 2.45) is 11.8 Å². The van der Waals surface area contributed by atoms with Gasteiger partial charge in [-0.05, 0) is 0 Å². The maximum absolute atomic E-state index is 5.93. The molecule has 1 saturated carbocycles. The van der Waals surface area contributed by atoms with Crippen molar-refractivity contribution >= 4 is 17.4 Å². The summed E-state index contributed by atoms with van der Waals surface area (Å²) < 4.78 is 5.30. The molecule has 0 radical (unpaired) electrons.